The van der Waals surface area contributed by atoms with E-state index in [1.54, 1.807) is 6.07 Å². The fourth-order valence-corrected chi connectivity index (χ4v) is 10.1. The SMILES string of the molecule is Cn1c2ccccc2c2c1ccc1c3ccccc3n(-c3ccc(-c4cccc(C(F)(F)F)c4)c(-n4c5ccccc5c5ccc6c(c7ccccc7n6C)c54)c3C#N)c12. The average Bonchev–Trinajstić information content (AvgIpc) is 3.98. The lowest BCUT2D eigenvalue weighted by atomic mass is 9.96. The molecule has 0 saturated heterocycles. The maximum Gasteiger partial charge on any atom is 0.416 e. The molecule has 0 aliphatic heterocycles. The lowest BCUT2D eigenvalue weighted by Gasteiger charge is -2.21. The molecule has 0 atom stereocenters. The van der Waals surface area contributed by atoms with Gasteiger partial charge in [0, 0.05) is 73.8 Å². The van der Waals surface area contributed by atoms with Crippen LogP contribution in [0.2, 0.25) is 0 Å². The van der Waals surface area contributed by atoms with Crippen molar-refractivity contribution >= 4 is 87.2 Å². The summed E-state index contributed by atoms with van der Waals surface area (Å²) in [5, 5.41) is 20.0. The highest BCUT2D eigenvalue weighted by atomic mass is 19.4. The Kier molecular flexibility index (Phi) is 6.94. The number of nitriles is 1. The minimum Gasteiger partial charge on any atom is -0.344 e. The number of aryl methyl sites for hydroxylation is 2. The monoisotopic (exact) mass is 783 g/mol. The maximum absolute atomic E-state index is 14.5. The molecule has 0 bridgehead atoms. The number of halogens is 3. The first-order valence-electron chi connectivity index (χ1n) is 19.8. The van der Waals surface area contributed by atoms with E-state index in [9.17, 15) is 18.4 Å². The molecule has 8 aromatic carbocycles. The summed E-state index contributed by atoms with van der Waals surface area (Å²) in [4.78, 5) is 0. The van der Waals surface area contributed by atoms with E-state index in [-0.39, 0.29) is 0 Å². The van der Waals surface area contributed by atoms with Gasteiger partial charge in [0.15, 0.2) is 0 Å². The number of rotatable bonds is 3. The zero-order valence-corrected chi connectivity index (χ0v) is 32.4. The Morgan fingerprint density at radius 1 is 0.467 bits per heavy atom. The van der Waals surface area contributed by atoms with E-state index >= 15 is 0 Å². The van der Waals surface area contributed by atoms with Gasteiger partial charge in [0.1, 0.15) is 11.6 Å². The molecule has 0 spiro atoms. The minimum atomic E-state index is -4.57. The van der Waals surface area contributed by atoms with E-state index < -0.39 is 11.7 Å². The van der Waals surface area contributed by atoms with Crippen molar-refractivity contribution in [2.24, 2.45) is 14.1 Å². The van der Waals surface area contributed by atoms with Crippen LogP contribution in [0, 0.1) is 11.3 Å². The molecule has 0 amide bonds. The highest BCUT2D eigenvalue weighted by Crippen LogP contribution is 2.47. The number of benzene rings is 8. The van der Waals surface area contributed by atoms with Gasteiger partial charge in [0.2, 0.25) is 0 Å². The number of aromatic nitrogens is 4. The highest BCUT2D eigenvalue weighted by molar-refractivity contribution is 6.27. The van der Waals surface area contributed by atoms with Crippen LogP contribution in [0.15, 0.2) is 158 Å². The van der Waals surface area contributed by atoms with Gasteiger partial charge in [-0.1, -0.05) is 103 Å². The summed E-state index contributed by atoms with van der Waals surface area (Å²) < 4.78 is 52.1. The Balaban J connectivity index is 1.32. The third kappa shape index (κ3) is 4.46. The lowest BCUT2D eigenvalue weighted by molar-refractivity contribution is -0.137. The van der Waals surface area contributed by atoms with Gasteiger partial charge in [-0.25, -0.2) is 0 Å². The zero-order valence-electron chi connectivity index (χ0n) is 32.4. The smallest absolute Gasteiger partial charge is 0.344 e. The maximum atomic E-state index is 14.5. The van der Waals surface area contributed by atoms with Crippen molar-refractivity contribution < 1.29 is 13.2 Å². The van der Waals surface area contributed by atoms with Crippen molar-refractivity contribution in [3.8, 4) is 28.6 Å². The van der Waals surface area contributed by atoms with Gasteiger partial charge in [0.25, 0.3) is 0 Å². The number of fused-ring (bicyclic) bond motifs is 14. The molecule has 0 radical (unpaired) electrons. The molecular formula is C52H32F3N5. The van der Waals surface area contributed by atoms with Crippen LogP contribution in [0.25, 0.3) is 110 Å². The first-order valence-corrected chi connectivity index (χ1v) is 19.8. The zero-order chi connectivity index (χ0) is 40.6. The molecule has 12 rings (SSSR count). The first kappa shape index (κ1) is 34.3. The molecule has 0 unspecified atom stereocenters. The fraction of sp³-hybridized carbons (Fsp3) is 0.0577. The Hall–Kier alpha value is -7.76. The number of hydrogen-bond acceptors (Lipinski definition) is 1. The number of nitrogens with zero attached hydrogens (tertiary/aromatic N) is 5. The molecule has 8 heteroatoms. The van der Waals surface area contributed by atoms with Crippen molar-refractivity contribution in [3.05, 3.63) is 169 Å². The summed E-state index contributed by atoms with van der Waals surface area (Å²) >= 11 is 0. The summed E-state index contributed by atoms with van der Waals surface area (Å²) in [6, 6.07) is 53.4. The van der Waals surface area contributed by atoms with Crippen molar-refractivity contribution in [1.82, 2.24) is 18.3 Å². The molecule has 5 nitrogen and oxygen atoms in total. The summed E-state index contributed by atoms with van der Waals surface area (Å²) in [6.45, 7) is 0. The predicted molar refractivity (Wildman–Crippen MR) is 238 cm³/mol. The lowest BCUT2D eigenvalue weighted by Crippen LogP contribution is -2.08. The van der Waals surface area contributed by atoms with Gasteiger partial charge in [0.05, 0.1) is 50.0 Å². The summed E-state index contributed by atoms with van der Waals surface area (Å²) in [6.07, 6.45) is -4.57. The van der Waals surface area contributed by atoms with Crippen LogP contribution in [0.5, 0.6) is 0 Å². The third-order valence-electron chi connectivity index (χ3n) is 12.7. The Morgan fingerprint density at radius 2 is 0.967 bits per heavy atom. The average molecular weight is 784 g/mol. The van der Waals surface area contributed by atoms with Crippen molar-refractivity contribution in [1.29, 1.82) is 5.26 Å². The topological polar surface area (TPSA) is 43.5 Å². The minimum absolute atomic E-state index is 0.338. The predicted octanol–water partition coefficient (Wildman–Crippen LogP) is 13.7. The second-order valence-corrected chi connectivity index (χ2v) is 15.6. The van der Waals surface area contributed by atoms with E-state index in [0.717, 1.165) is 93.3 Å². The van der Waals surface area contributed by atoms with E-state index in [2.05, 4.69) is 105 Å². The van der Waals surface area contributed by atoms with Crippen LogP contribution in [0.4, 0.5) is 13.2 Å². The summed E-state index contributed by atoms with van der Waals surface area (Å²) in [7, 11) is 4.12. The molecule has 60 heavy (non-hydrogen) atoms. The van der Waals surface area contributed by atoms with Crippen molar-refractivity contribution in [2.45, 2.75) is 6.18 Å². The molecule has 0 aliphatic rings. The molecular weight excluding hydrogens is 752 g/mol. The Labute approximate surface area is 340 Å². The normalized spacial score (nSPS) is 12.4. The number of para-hydroxylation sites is 4. The molecule has 4 aromatic heterocycles. The Bertz CT molecular complexity index is 3860. The second kappa shape index (κ2) is 12.1. The van der Waals surface area contributed by atoms with Crippen molar-refractivity contribution in [2.75, 3.05) is 0 Å². The molecule has 0 fully saturated rings. The standard InChI is InChI=1S/C52H32F3N5/c1-57-40-18-7-5-16-37(40)47-45(57)26-23-35-33-14-3-9-20-42(33)59(50(35)47)44-25-22-32(30-12-11-13-31(28-30)52(53,54)55)49(39(44)29-56)60-43-21-10-4-15-34(43)36-24-27-46-48(51(36)60)38-17-6-8-19-41(38)58(46)2/h3-28H,1-2H3. The third-order valence-corrected chi connectivity index (χ3v) is 12.7. The second-order valence-electron chi connectivity index (χ2n) is 15.6. The van der Waals surface area contributed by atoms with Crippen molar-refractivity contribution in [3.63, 3.8) is 0 Å². The largest absolute Gasteiger partial charge is 0.416 e. The van der Waals surface area contributed by atoms with E-state index in [1.807, 2.05) is 66.7 Å². The van der Waals surface area contributed by atoms with Crippen LogP contribution < -0.4 is 0 Å². The van der Waals surface area contributed by atoms with E-state index in [0.29, 0.717) is 28.1 Å². The molecule has 0 aliphatic carbocycles. The first-order chi connectivity index (χ1) is 29.2. The highest BCUT2D eigenvalue weighted by Gasteiger charge is 2.32. The van der Waals surface area contributed by atoms with Gasteiger partial charge in [-0.05, 0) is 60.2 Å². The van der Waals surface area contributed by atoms with Crippen LogP contribution in [0.1, 0.15) is 11.1 Å². The summed E-state index contributed by atoms with van der Waals surface area (Å²) in [5.74, 6) is 0. The molecule has 12 aromatic rings. The van der Waals surface area contributed by atoms with Gasteiger partial charge >= 0.3 is 6.18 Å². The molecule has 0 saturated carbocycles. The van der Waals surface area contributed by atoms with Gasteiger partial charge < -0.3 is 18.3 Å². The van der Waals surface area contributed by atoms with Gasteiger partial charge in [-0.15, -0.1) is 0 Å². The van der Waals surface area contributed by atoms with Crippen LogP contribution >= 0.6 is 0 Å². The molecule has 0 N–H and O–H groups in total. The van der Waals surface area contributed by atoms with Gasteiger partial charge in [-0.3, -0.25) is 0 Å². The van der Waals surface area contributed by atoms with Crippen LogP contribution in [0.3, 0.4) is 0 Å². The molecule has 4 heterocycles. The number of alkyl halides is 3. The quantitative estimate of drug-likeness (QED) is 0.176. The van der Waals surface area contributed by atoms with E-state index in [4.69, 9.17) is 0 Å². The number of hydrogen-bond donors (Lipinski definition) is 0. The summed E-state index contributed by atoms with van der Waals surface area (Å²) in [5.41, 5.74) is 9.38. The van der Waals surface area contributed by atoms with Crippen LogP contribution in [-0.2, 0) is 20.3 Å². The van der Waals surface area contributed by atoms with E-state index in [1.165, 1.54) is 12.1 Å². The van der Waals surface area contributed by atoms with Gasteiger partial charge in [-0.2, -0.15) is 18.4 Å². The van der Waals surface area contributed by atoms with Crippen LogP contribution in [-0.4, -0.2) is 18.3 Å². The molecule has 286 valence electrons. The fourth-order valence-electron chi connectivity index (χ4n) is 10.1. The Morgan fingerprint density at radius 3 is 1.52 bits per heavy atom.